The van der Waals surface area contributed by atoms with Gasteiger partial charge in [0.1, 0.15) is 5.69 Å². The van der Waals surface area contributed by atoms with Crippen LogP contribution in [0.1, 0.15) is 27.2 Å². The summed E-state index contributed by atoms with van der Waals surface area (Å²) in [5, 5.41) is 2.58. The first-order valence-electron chi connectivity index (χ1n) is 4.86. The first-order chi connectivity index (χ1) is 6.88. The van der Waals surface area contributed by atoms with Crippen molar-refractivity contribution in [1.82, 2.24) is 4.98 Å². The summed E-state index contributed by atoms with van der Waals surface area (Å²) in [4.78, 5) is 25.3. The molecule has 1 amide bonds. The summed E-state index contributed by atoms with van der Waals surface area (Å²) in [6.45, 7) is 5.92. The van der Waals surface area contributed by atoms with Gasteiger partial charge in [-0.1, -0.05) is 20.8 Å². The average molecular weight is 208 g/mol. The van der Waals surface area contributed by atoms with Crippen LogP contribution in [0.15, 0.2) is 23.1 Å². The highest BCUT2D eigenvalue weighted by atomic mass is 16.2. The Morgan fingerprint density at radius 2 is 2.13 bits per heavy atom. The van der Waals surface area contributed by atoms with Gasteiger partial charge in [0.15, 0.2) is 0 Å². The molecule has 1 aromatic heterocycles. The number of rotatable bonds is 2. The fraction of sp³-hybridized carbons (Fsp3) is 0.455. The van der Waals surface area contributed by atoms with Crippen molar-refractivity contribution in [3.8, 4) is 0 Å². The van der Waals surface area contributed by atoms with Gasteiger partial charge in [0.25, 0.3) is 5.56 Å². The monoisotopic (exact) mass is 208 g/mol. The average Bonchev–Trinajstić information content (AvgIpc) is 2.05. The molecule has 4 nitrogen and oxygen atoms in total. The zero-order valence-electron chi connectivity index (χ0n) is 9.26. The molecule has 0 spiro atoms. The van der Waals surface area contributed by atoms with Crippen molar-refractivity contribution in [3.05, 3.63) is 28.7 Å². The molecule has 0 aliphatic heterocycles. The van der Waals surface area contributed by atoms with Crippen LogP contribution in [0.2, 0.25) is 0 Å². The number of amides is 1. The van der Waals surface area contributed by atoms with Crippen LogP contribution in [-0.2, 0) is 4.79 Å². The number of anilines is 1. The lowest BCUT2D eigenvalue weighted by molar-refractivity contribution is -0.117. The number of hydrogen-bond acceptors (Lipinski definition) is 2. The molecule has 0 unspecified atom stereocenters. The third kappa shape index (κ3) is 3.97. The van der Waals surface area contributed by atoms with E-state index in [0.717, 1.165) is 0 Å². The Hall–Kier alpha value is -1.58. The third-order valence-corrected chi connectivity index (χ3v) is 1.78. The maximum absolute atomic E-state index is 11.5. The lowest BCUT2D eigenvalue weighted by atomic mass is 9.92. The van der Waals surface area contributed by atoms with Crippen molar-refractivity contribution < 1.29 is 4.79 Å². The highest BCUT2D eigenvalue weighted by molar-refractivity contribution is 5.90. The second-order valence-corrected chi connectivity index (χ2v) is 4.70. The maximum atomic E-state index is 11.5. The number of nitrogens with one attached hydrogen (secondary N) is 2. The van der Waals surface area contributed by atoms with E-state index in [1.54, 1.807) is 12.1 Å². The summed E-state index contributed by atoms with van der Waals surface area (Å²) in [7, 11) is 0. The molecule has 1 heterocycles. The van der Waals surface area contributed by atoms with Gasteiger partial charge in [-0.2, -0.15) is 0 Å². The second kappa shape index (κ2) is 4.29. The Morgan fingerprint density at radius 1 is 1.47 bits per heavy atom. The fourth-order valence-electron chi connectivity index (χ4n) is 1.20. The van der Waals surface area contributed by atoms with Crippen LogP contribution in [0.25, 0.3) is 0 Å². The maximum Gasteiger partial charge on any atom is 0.271 e. The van der Waals surface area contributed by atoms with Gasteiger partial charge in [0.05, 0.1) is 0 Å². The molecular weight excluding hydrogens is 192 g/mol. The Morgan fingerprint density at radius 3 is 2.67 bits per heavy atom. The van der Waals surface area contributed by atoms with Gasteiger partial charge in [0.2, 0.25) is 5.91 Å². The minimum atomic E-state index is -0.278. The molecule has 15 heavy (non-hydrogen) atoms. The van der Waals surface area contributed by atoms with Crippen molar-refractivity contribution >= 4 is 11.6 Å². The summed E-state index contributed by atoms with van der Waals surface area (Å²) < 4.78 is 0. The van der Waals surface area contributed by atoms with E-state index in [0.29, 0.717) is 12.1 Å². The van der Waals surface area contributed by atoms with E-state index in [2.05, 4.69) is 10.3 Å². The standard InChI is InChI=1S/C11H16N2O2/c1-11(2,3)7-9(14)13-8-5-4-6-12-10(8)15/h4-6H,7H2,1-3H3,(H,12,15)(H,13,14). The third-order valence-electron chi connectivity index (χ3n) is 1.78. The van der Waals surface area contributed by atoms with Crippen LogP contribution < -0.4 is 10.9 Å². The van der Waals surface area contributed by atoms with Crippen LogP contribution in [0, 0.1) is 5.41 Å². The summed E-state index contributed by atoms with van der Waals surface area (Å²) in [5.41, 5.74) is -0.0578. The van der Waals surface area contributed by atoms with E-state index < -0.39 is 0 Å². The first-order valence-corrected chi connectivity index (χ1v) is 4.86. The minimum absolute atomic E-state index is 0.0778. The smallest absolute Gasteiger partial charge is 0.271 e. The Kier molecular flexibility index (Phi) is 3.29. The number of H-pyrrole nitrogens is 1. The van der Waals surface area contributed by atoms with E-state index in [9.17, 15) is 9.59 Å². The topological polar surface area (TPSA) is 62.0 Å². The van der Waals surface area contributed by atoms with Crippen molar-refractivity contribution in [2.24, 2.45) is 5.41 Å². The van der Waals surface area contributed by atoms with Crippen molar-refractivity contribution in [2.75, 3.05) is 5.32 Å². The van der Waals surface area contributed by atoms with Gasteiger partial charge < -0.3 is 10.3 Å². The molecule has 1 aromatic rings. The molecule has 2 N–H and O–H groups in total. The van der Waals surface area contributed by atoms with Crippen LogP contribution in [0.5, 0.6) is 0 Å². The summed E-state index contributed by atoms with van der Waals surface area (Å²) >= 11 is 0. The first kappa shape index (κ1) is 11.5. The van der Waals surface area contributed by atoms with Crippen LogP contribution in [-0.4, -0.2) is 10.9 Å². The van der Waals surface area contributed by atoms with Gasteiger partial charge in [-0.15, -0.1) is 0 Å². The van der Waals surface area contributed by atoms with Gasteiger partial charge in [0, 0.05) is 12.6 Å². The quantitative estimate of drug-likeness (QED) is 0.777. The highest BCUT2D eigenvalue weighted by Gasteiger charge is 2.16. The largest absolute Gasteiger partial charge is 0.327 e. The van der Waals surface area contributed by atoms with Gasteiger partial charge in [-0.05, 0) is 17.5 Å². The van der Waals surface area contributed by atoms with E-state index >= 15 is 0 Å². The van der Waals surface area contributed by atoms with Gasteiger partial charge in [-0.25, -0.2) is 0 Å². The molecule has 0 aliphatic carbocycles. The van der Waals surface area contributed by atoms with E-state index in [1.807, 2.05) is 20.8 Å². The minimum Gasteiger partial charge on any atom is -0.327 e. The molecule has 0 saturated carbocycles. The van der Waals surface area contributed by atoms with E-state index in [4.69, 9.17) is 0 Å². The SMILES string of the molecule is CC(C)(C)CC(=O)Nc1ccc[nH]c1=O. The molecule has 0 saturated heterocycles. The Balaban J connectivity index is 2.68. The highest BCUT2D eigenvalue weighted by Crippen LogP contribution is 2.18. The molecule has 0 bridgehead atoms. The summed E-state index contributed by atoms with van der Waals surface area (Å²) in [6, 6.07) is 3.26. The van der Waals surface area contributed by atoms with Crippen LogP contribution in [0.3, 0.4) is 0 Å². The summed E-state index contributed by atoms with van der Waals surface area (Å²) in [5.74, 6) is -0.140. The van der Waals surface area contributed by atoms with Crippen molar-refractivity contribution in [3.63, 3.8) is 0 Å². The molecule has 0 atom stereocenters. The predicted molar refractivity (Wildman–Crippen MR) is 59.8 cm³/mol. The van der Waals surface area contributed by atoms with Gasteiger partial charge >= 0.3 is 0 Å². The lowest BCUT2D eigenvalue weighted by Crippen LogP contribution is -2.23. The molecule has 0 aromatic carbocycles. The number of aromatic amines is 1. The fourth-order valence-corrected chi connectivity index (χ4v) is 1.20. The number of pyridine rings is 1. The normalized spacial score (nSPS) is 11.1. The van der Waals surface area contributed by atoms with Gasteiger partial charge in [-0.3, -0.25) is 9.59 Å². The molecule has 0 radical (unpaired) electrons. The van der Waals surface area contributed by atoms with Crippen molar-refractivity contribution in [2.45, 2.75) is 27.2 Å². The summed E-state index contributed by atoms with van der Waals surface area (Å²) in [6.07, 6.45) is 1.92. The Labute approximate surface area is 88.7 Å². The van der Waals surface area contributed by atoms with Crippen LogP contribution >= 0.6 is 0 Å². The molecular formula is C11H16N2O2. The molecule has 4 heteroatoms. The van der Waals surface area contributed by atoms with E-state index in [-0.39, 0.29) is 16.9 Å². The Bertz CT molecular complexity index is 402. The lowest BCUT2D eigenvalue weighted by Gasteiger charge is -2.16. The predicted octanol–water partition coefficient (Wildman–Crippen LogP) is 1.75. The molecule has 0 fully saturated rings. The number of aromatic nitrogens is 1. The van der Waals surface area contributed by atoms with Crippen LogP contribution in [0.4, 0.5) is 5.69 Å². The number of carbonyl (C=O) groups is 1. The van der Waals surface area contributed by atoms with Crippen molar-refractivity contribution in [1.29, 1.82) is 0 Å². The molecule has 0 aliphatic rings. The second-order valence-electron chi connectivity index (χ2n) is 4.70. The zero-order valence-corrected chi connectivity index (χ0v) is 9.26. The van der Waals surface area contributed by atoms with E-state index in [1.165, 1.54) is 6.20 Å². The molecule has 82 valence electrons. The number of carbonyl (C=O) groups excluding carboxylic acids is 1. The molecule has 1 rings (SSSR count). The zero-order chi connectivity index (χ0) is 11.5. The number of hydrogen-bond donors (Lipinski definition) is 2.